The van der Waals surface area contributed by atoms with E-state index in [0.29, 0.717) is 6.04 Å². The third kappa shape index (κ3) is 6.40. The minimum Gasteiger partial charge on any atom is -0.395 e. The van der Waals surface area contributed by atoms with E-state index in [1.165, 1.54) is 32.4 Å². The van der Waals surface area contributed by atoms with Crippen LogP contribution >= 0.6 is 12.6 Å². The molecule has 15 heavy (non-hydrogen) atoms. The van der Waals surface area contributed by atoms with Crippen LogP contribution in [0.4, 0.5) is 0 Å². The van der Waals surface area contributed by atoms with Crippen LogP contribution in [-0.2, 0) is 0 Å². The zero-order chi connectivity index (χ0) is 11.7. The molecule has 0 spiro atoms. The molecule has 1 N–H and O–H groups in total. The zero-order valence-electron chi connectivity index (χ0n) is 10.3. The molecular formula is C11H26N2OS. The van der Waals surface area contributed by atoms with E-state index in [4.69, 9.17) is 5.11 Å². The van der Waals surface area contributed by atoms with Gasteiger partial charge in [0.2, 0.25) is 0 Å². The second-order valence-corrected chi connectivity index (χ2v) is 4.16. The van der Waals surface area contributed by atoms with Crippen LogP contribution < -0.4 is 0 Å². The Morgan fingerprint density at radius 3 is 2.13 bits per heavy atom. The topological polar surface area (TPSA) is 26.7 Å². The molecule has 0 amide bonds. The fourth-order valence-corrected chi connectivity index (χ4v) is 1.82. The van der Waals surface area contributed by atoms with Crippen molar-refractivity contribution in [3.63, 3.8) is 0 Å². The van der Waals surface area contributed by atoms with Crippen LogP contribution in [0.3, 0.4) is 0 Å². The van der Waals surface area contributed by atoms with Gasteiger partial charge in [-0.2, -0.15) is 12.6 Å². The van der Waals surface area contributed by atoms with Gasteiger partial charge in [0.05, 0.1) is 6.61 Å². The lowest BCUT2D eigenvalue weighted by Gasteiger charge is -2.32. The predicted octanol–water partition coefficient (Wildman–Crippen LogP) is 0.941. The van der Waals surface area contributed by atoms with E-state index in [-0.39, 0.29) is 6.61 Å². The Kier molecular flexibility index (Phi) is 9.60. The van der Waals surface area contributed by atoms with Gasteiger partial charge in [-0.1, -0.05) is 6.42 Å². The van der Waals surface area contributed by atoms with E-state index in [0.717, 1.165) is 6.54 Å². The average Bonchev–Trinajstić information content (AvgIpc) is 2.29. The highest BCUT2D eigenvalue weighted by Crippen LogP contribution is 2.09. The molecule has 0 saturated carbocycles. The van der Waals surface area contributed by atoms with E-state index in [1.807, 2.05) is 14.1 Å². The first-order chi connectivity index (χ1) is 7.24. The molecule has 0 aliphatic carbocycles. The second-order valence-electron chi connectivity index (χ2n) is 4.16. The second kappa shape index (κ2) is 9.46. The number of aliphatic hydroxyl groups is 1. The molecule has 1 rings (SSSR count). The Labute approximate surface area is 99.9 Å². The first-order valence-corrected chi connectivity index (χ1v) is 6.58. The summed E-state index contributed by atoms with van der Waals surface area (Å²) in [5, 5.41) is 9.16. The van der Waals surface area contributed by atoms with Crippen LogP contribution in [0.25, 0.3) is 0 Å². The molecule has 92 valence electrons. The van der Waals surface area contributed by atoms with E-state index < -0.39 is 0 Å². The van der Waals surface area contributed by atoms with E-state index in [2.05, 4.69) is 22.4 Å². The maximum Gasteiger partial charge on any atom is 0.0599 e. The highest BCUT2D eigenvalue weighted by atomic mass is 32.1. The summed E-state index contributed by atoms with van der Waals surface area (Å²) in [4.78, 5) is 4.57. The van der Waals surface area contributed by atoms with Crippen molar-refractivity contribution < 1.29 is 5.11 Å². The van der Waals surface area contributed by atoms with Crippen LogP contribution in [0.5, 0.6) is 0 Å². The molecule has 0 aromatic heterocycles. The van der Waals surface area contributed by atoms with Gasteiger partial charge in [0.1, 0.15) is 0 Å². The van der Waals surface area contributed by atoms with Gasteiger partial charge in [-0.3, -0.25) is 0 Å². The Morgan fingerprint density at radius 2 is 1.73 bits per heavy atom. The number of rotatable bonds is 4. The lowest BCUT2D eigenvalue weighted by molar-refractivity contribution is 0.111. The van der Waals surface area contributed by atoms with E-state index in [1.54, 1.807) is 6.26 Å². The van der Waals surface area contributed by atoms with Crippen LogP contribution in [-0.4, -0.2) is 67.5 Å². The Morgan fingerprint density at radius 1 is 1.20 bits per heavy atom. The smallest absolute Gasteiger partial charge is 0.0599 e. The molecule has 1 atom stereocenters. The number of hydrogen-bond acceptors (Lipinski definition) is 4. The zero-order valence-corrected chi connectivity index (χ0v) is 11.2. The Hall–Kier alpha value is 0.230. The molecule has 0 bridgehead atoms. The van der Waals surface area contributed by atoms with Crippen molar-refractivity contribution in [3.05, 3.63) is 0 Å². The highest BCUT2D eigenvalue weighted by Gasteiger charge is 2.16. The van der Waals surface area contributed by atoms with Gasteiger partial charge in [-0.25, -0.2) is 0 Å². The summed E-state index contributed by atoms with van der Waals surface area (Å²) < 4.78 is 0. The molecule has 1 aliphatic rings. The van der Waals surface area contributed by atoms with E-state index >= 15 is 0 Å². The molecular weight excluding hydrogens is 208 g/mol. The van der Waals surface area contributed by atoms with Gasteiger partial charge >= 0.3 is 0 Å². The summed E-state index contributed by atoms with van der Waals surface area (Å²) in [6, 6.07) is 0.304. The number of aliphatic hydroxyl groups excluding tert-OH is 1. The van der Waals surface area contributed by atoms with E-state index in [9.17, 15) is 0 Å². The van der Waals surface area contributed by atoms with Crippen LogP contribution in [0, 0.1) is 0 Å². The molecule has 1 unspecified atom stereocenters. The molecule has 0 aromatic rings. The maximum absolute atomic E-state index is 9.16. The lowest BCUT2D eigenvalue weighted by Crippen LogP contribution is -2.44. The first kappa shape index (κ1) is 15.2. The lowest BCUT2D eigenvalue weighted by atomic mass is 10.1. The van der Waals surface area contributed by atoms with Gasteiger partial charge in [0, 0.05) is 12.6 Å². The summed E-state index contributed by atoms with van der Waals surface area (Å²) >= 11 is 3.53. The van der Waals surface area contributed by atoms with Crippen molar-refractivity contribution in [2.45, 2.75) is 25.3 Å². The first-order valence-electron chi connectivity index (χ1n) is 5.68. The quantitative estimate of drug-likeness (QED) is 0.709. The normalized spacial score (nSPS) is 19.6. The number of likely N-dealkylation sites (tertiary alicyclic amines) is 1. The SMILES string of the molecule is CN(C)C(CO)CN1CCCCC1.CS. The Bertz CT molecular complexity index is 139. The summed E-state index contributed by atoms with van der Waals surface area (Å²) in [7, 11) is 4.07. The summed E-state index contributed by atoms with van der Waals surface area (Å²) in [5.74, 6) is 0. The number of nitrogens with zero attached hydrogens (tertiary/aromatic N) is 2. The largest absolute Gasteiger partial charge is 0.395 e. The molecule has 3 nitrogen and oxygen atoms in total. The van der Waals surface area contributed by atoms with Crippen LogP contribution in [0.1, 0.15) is 19.3 Å². The van der Waals surface area contributed by atoms with Crippen molar-refractivity contribution in [2.24, 2.45) is 0 Å². The fourth-order valence-electron chi connectivity index (χ4n) is 1.82. The van der Waals surface area contributed by atoms with Gasteiger partial charge < -0.3 is 14.9 Å². The third-order valence-corrected chi connectivity index (χ3v) is 2.86. The monoisotopic (exact) mass is 234 g/mol. The average molecular weight is 234 g/mol. The highest BCUT2D eigenvalue weighted by molar-refractivity contribution is 7.79. The number of thiol groups is 1. The molecule has 1 aliphatic heterocycles. The molecule has 1 heterocycles. The molecule has 4 heteroatoms. The van der Waals surface area contributed by atoms with Crippen LogP contribution in [0.15, 0.2) is 0 Å². The minimum absolute atomic E-state index is 0.267. The van der Waals surface area contributed by atoms with Crippen molar-refractivity contribution in [1.82, 2.24) is 9.80 Å². The molecule has 0 radical (unpaired) electrons. The molecule has 1 fully saturated rings. The van der Waals surface area contributed by atoms with Gasteiger partial charge in [-0.05, 0) is 46.3 Å². The maximum atomic E-state index is 9.16. The standard InChI is InChI=1S/C10H22N2O.CH4S/c1-11(2)10(9-13)8-12-6-4-3-5-7-12;1-2/h10,13H,3-9H2,1-2H3;2H,1H3. The van der Waals surface area contributed by atoms with Gasteiger partial charge in [0.15, 0.2) is 0 Å². The number of likely N-dealkylation sites (N-methyl/N-ethyl adjacent to an activating group) is 1. The fraction of sp³-hybridized carbons (Fsp3) is 1.00. The van der Waals surface area contributed by atoms with Crippen molar-refractivity contribution >= 4 is 12.6 Å². The third-order valence-electron chi connectivity index (χ3n) is 2.86. The predicted molar refractivity (Wildman–Crippen MR) is 69.8 cm³/mol. The number of piperidine rings is 1. The number of hydrogen-bond donors (Lipinski definition) is 2. The van der Waals surface area contributed by atoms with Crippen LogP contribution in [0.2, 0.25) is 0 Å². The van der Waals surface area contributed by atoms with Gasteiger partial charge in [-0.15, -0.1) is 0 Å². The van der Waals surface area contributed by atoms with Gasteiger partial charge in [0.25, 0.3) is 0 Å². The Balaban J connectivity index is 0.000000921. The summed E-state index contributed by atoms with van der Waals surface area (Å²) in [6.07, 6.45) is 5.72. The van der Waals surface area contributed by atoms with Crippen molar-refractivity contribution in [2.75, 3.05) is 46.6 Å². The molecule has 0 aromatic carbocycles. The minimum atomic E-state index is 0.267. The summed E-state index contributed by atoms with van der Waals surface area (Å²) in [5.41, 5.74) is 0. The van der Waals surface area contributed by atoms with Crippen molar-refractivity contribution in [1.29, 1.82) is 0 Å². The van der Waals surface area contributed by atoms with Crippen molar-refractivity contribution in [3.8, 4) is 0 Å². The molecule has 1 saturated heterocycles. The summed E-state index contributed by atoms with van der Waals surface area (Å²) in [6.45, 7) is 3.71.